The number of nitrogens with zero attached hydrogens (tertiary/aromatic N) is 4. The molecular weight excluding hydrogens is 304 g/mol. The molecule has 0 saturated carbocycles. The van der Waals surface area contributed by atoms with Crippen LogP contribution in [0.4, 0.5) is 0 Å². The van der Waals surface area contributed by atoms with Crippen molar-refractivity contribution >= 4 is 5.71 Å². The summed E-state index contributed by atoms with van der Waals surface area (Å²) < 4.78 is 7.72. The van der Waals surface area contributed by atoms with Crippen LogP contribution in [0.15, 0.2) is 72.4 Å². The standard InChI is InChI=1S/C18H16N4O2/c1-2-6-14(7-3-1)10-24-21-18-15-8-4-5-9-17(15)23-11-16(18)22-12-19-20-13-22/h1-9,12-13,16H,10-11H2/b21-18+. The average molecular weight is 320 g/mol. The number of hydrogen-bond donors (Lipinski definition) is 0. The van der Waals surface area contributed by atoms with Gasteiger partial charge in [-0.25, -0.2) is 0 Å². The molecule has 24 heavy (non-hydrogen) atoms. The van der Waals surface area contributed by atoms with E-state index in [2.05, 4.69) is 15.4 Å². The molecule has 6 nitrogen and oxygen atoms in total. The summed E-state index contributed by atoms with van der Waals surface area (Å²) >= 11 is 0. The number of aromatic nitrogens is 3. The highest BCUT2D eigenvalue weighted by molar-refractivity contribution is 6.06. The summed E-state index contributed by atoms with van der Waals surface area (Å²) in [5.41, 5.74) is 2.81. The zero-order valence-corrected chi connectivity index (χ0v) is 12.9. The summed E-state index contributed by atoms with van der Waals surface area (Å²) in [7, 11) is 0. The van der Waals surface area contributed by atoms with E-state index in [0.29, 0.717) is 13.2 Å². The Morgan fingerprint density at radius 1 is 1.04 bits per heavy atom. The van der Waals surface area contributed by atoms with Gasteiger partial charge in [0.2, 0.25) is 0 Å². The summed E-state index contributed by atoms with van der Waals surface area (Å²) in [5.74, 6) is 0.809. The molecule has 1 aliphatic rings. The van der Waals surface area contributed by atoms with Crippen LogP contribution in [-0.2, 0) is 11.4 Å². The van der Waals surface area contributed by atoms with Gasteiger partial charge >= 0.3 is 0 Å². The Bertz CT molecular complexity index is 831. The number of ether oxygens (including phenoxy) is 1. The first-order valence-corrected chi connectivity index (χ1v) is 7.72. The molecule has 0 bridgehead atoms. The van der Waals surface area contributed by atoms with Gasteiger partial charge in [-0.2, -0.15) is 0 Å². The van der Waals surface area contributed by atoms with Gasteiger partial charge in [0.25, 0.3) is 0 Å². The van der Waals surface area contributed by atoms with E-state index in [4.69, 9.17) is 9.57 Å². The zero-order chi connectivity index (χ0) is 16.2. The summed E-state index contributed by atoms with van der Waals surface area (Å²) in [4.78, 5) is 5.62. The SMILES string of the molecule is c1ccc(CO/N=C2\c3ccccc3OCC2n2cnnc2)cc1. The Morgan fingerprint density at radius 2 is 1.79 bits per heavy atom. The first kappa shape index (κ1) is 14.4. The Kier molecular flexibility index (Phi) is 3.93. The molecule has 2 heterocycles. The molecule has 1 unspecified atom stereocenters. The molecule has 1 atom stereocenters. The molecule has 0 aliphatic carbocycles. The molecule has 0 fully saturated rings. The number of benzene rings is 2. The van der Waals surface area contributed by atoms with Gasteiger partial charge in [-0.3, -0.25) is 0 Å². The van der Waals surface area contributed by atoms with Crippen molar-refractivity contribution in [3.63, 3.8) is 0 Å². The van der Waals surface area contributed by atoms with Crippen LogP contribution in [0.25, 0.3) is 0 Å². The van der Waals surface area contributed by atoms with Crippen LogP contribution in [0.2, 0.25) is 0 Å². The molecule has 0 radical (unpaired) electrons. The van der Waals surface area contributed by atoms with Gasteiger partial charge in [-0.1, -0.05) is 47.6 Å². The van der Waals surface area contributed by atoms with Crippen molar-refractivity contribution < 1.29 is 9.57 Å². The van der Waals surface area contributed by atoms with E-state index in [1.165, 1.54) is 0 Å². The second kappa shape index (κ2) is 6.54. The maximum Gasteiger partial charge on any atom is 0.142 e. The summed E-state index contributed by atoms with van der Waals surface area (Å²) in [6.45, 7) is 0.880. The fourth-order valence-corrected chi connectivity index (χ4v) is 2.69. The molecule has 2 aromatic carbocycles. The van der Waals surface area contributed by atoms with Gasteiger partial charge in [0, 0.05) is 5.56 Å². The Morgan fingerprint density at radius 3 is 2.62 bits per heavy atom. The van der Waals surface area contributed by atoms with Gasteiger partial charge < -0.3 is 14.1 Å². The third-order valence-corrected chi connectivity index (χ3v) is 3.91. The Labute approximate surface area is 139 Å². The highest BCUT2D eigenvalue weighted by Gasteiger charge is 2.29. The van der Waals surface area contributed by atoms with Crippen LogP contribution in [0.1, 0.15) is 17.2 Å². The third-order valence-electron chi connectivity index (χ3n) is 3.91. The predicted molar refractivity (Wildman–Crippen MR) is 88.8 cm³/mol. The predicted octanol–water partition coefficient (Wildman–Crippen LogP) is 2.83. The Balaban J connectivity index is 1.63. The zero-order valence-electron chi connectivity index (χ0n) is 12.9. The van der Waals surface area contributed by atoms with E-state index < -0.39 is 0 Å². The van der Waals surface area contributed by atoms with Crippen molar-refractivity contribution in [2.45, 2.75) is 12.6 Å². The van der Waals surface area contributed by atoms with Crippen LogP contribution in [-0.4, -0.2) is 27.1 Å². The van der Waals surface area contributed by atoms with E-state index in [1.807, 2.05) is 59.2 Å². The highest BCUT2D eigenvalue weighted by Crippen LogP contribution is 2.30. The van der Waals surface area contributed by atoms with Gasteiger partial charge in [-0.05, 0) is 17.7 Å². The molecule has 0 spiro atoms. The second-order valence-corrected chi connectivity index (χ2v) is 5.47. The topological polar surface area (TPSA) is 61.5 Å². The minimum atomic E-state index is -0.120. The fourth-order valence-electron chi connectivity index (χ4n) is 2.69. The Hall–Kier alpha value is -3.15. The van der Waals surface area contributed by atoms with Crippen LogP contribution in [0.3, 0.4) is 0 Å². The fraction of sp³-hybridized carbons (Fsp3) is 0.167. The number of oxime groups is 1. The first-order valence-electron chi connectivity index (χ1n) is 7.72. The minimum Gasteiger partial charge on any atom is -0.490 e. The van der Waals surface area contributed by atoms with E-state index in [0.717, 1.165) is 22.6 Å². The lowest BCUT2D eigenvalue weighted by molar-refractivity contribution is 0.127. The lowest BCUT2D eigenvalue weighted by atomic mass is 10.00. The normalized spacial score (nSPS) is 18.0. The van der Waals surface area contributed by atoms with E-state index >= 15 is 0 Å². The number of fused-ring (bicyclic) bond motifs is 1. The minimum absolute atomic E-state index is 0.120. The van der Waals surface area contributed by atoms with Crippen molar-refractivity contribution in [3.05, 3.63) is 78.4 Å². The van der Waals surface area contributed by atoms with E-state index in [1.54, 1.807) is 12.7 Å². The van der Waals surface area contributed by atoms with Crippen LogP contribution in [0, 0.1) is 0 Å². The smallest absolute Gasteiger partial charge is 0.142 e. The largest absolute Gasteiger partial charge is 0.490 e. The molecule has 3 aromatic rings. The van der Waals surface area contributed by atoms with E-state index in [-0.39, 0.29) is 6.04 Å². The van der Waals surface area contributed by atoms with Crippen molar-refractivity contribution in [1.29, 1.82) is 0 Å². The average Bonchev–Trinajstić information content (AvgIpc) is 3.17. The number of rotatable bonds is 4. The van der Waals surface area contributed by atoms with Crippen LogP contribution in [0.5, 0.6) is 5.75 Å². The maximum absolute atomic E-state index is 5.84. The van der Waals surface area contributed by atoms with Crippen LogP contribution < -0.4 is 4.74 Å². The third kappa shape index (κ3) is 2.86. The number of hydrogen-bond acceptors (Lipinski definition) is 5. The molecule has 0 amide bonds. The van der Waals surface area contributed by atoms with Crippen LogP contribution >= 0.6 is 0 Å². The second-order valence-electron chi connectivity index (χ2n) is 5.47. The molecule has 6 heteroatoms. The van der Waals surface area contributed by atoms with Gasteiger partial charge in [-0.15, -0.1) is 10.2 Å². The maximum atomic E-state index is 5.84. The molecule has 1 aliphatic heterocycles. The van der Waals surface area contributed by atoms with E-state index in [9.17, 15) is 0 Å². The van der Waals surface area contributed by atoms with Gasteiger partial charge in [0.15, 0.2) is 0 Å². The molecular formula is C18H16N4O2. The quantitative estimate of drug-likeness (QED) is 0.694. The summed E-state index contributed by atoms with van der Waals surface area (Å²) in [5, 5.41) is 12.2. The molecule has 4 rings (SSSR count). The number of para-hydroxylation sites is 1. The van der Waals surface area contributed by atoms with Crippen molar-refractivity contribution in [3.8, 4) is 5.75 Å². The van der Waals surface area contributed by atoms with Gasteiger partial charge in [0.05, 0.1) is 0 Å². The monoisotopic (exact) mass is 320 g/mol. The van der Waals surface area contributed by atoms with Crippen molar-refractivity contribution in [1.82, 2.24) is 14.8 Å². The lowest BCUT2D eigenvalue weighted by Gasteiger charge is -2.27. The molecule has 1 aromatic heterocycles. The van der Waals surface area contributed by atoms with Crippen molar-refractivity contribution in [2.24, 2.45) is 5.16 Å². The summed E-state index contributed by atoms with van der Waals surface area (Å²) in [6.07, 6.45) is 3.32. The molecule has 120 valence electrons. The molecule has 0 saturated heterocycles. The first-order chi connectivity index (χ1) is 11.9. The molecule has 0 N–H and O–H groups in total. The highest BCUT2D eigenvalue weighted by atomic mass is 16.6. The van der Waals surface area contributed by atoms with Gasteiger partial charge in [0.1, 0.15) is 43.4 Å². The lowest BCUT2D eigenvalue weighted by Crippen LogP contribution is -2.30. The summed E-state index contributed by atoms with van der Waals surface area (Å²) in [6, 6.07) is 17.7. The van der Waals surface area contributed by atoms with Crippen molar-refractivity contribution in [2.75, 3.05) is 6.61 Å².